The van der Waals surface area contributed by atoms with Gasteiger partial charge in [0.25, 0.3) is 0 Å². The van der Waals surface area contributed by atoms with Crippen molar-refractivity contribution in [1.82, 2.24) is 9.97 Å². The van der Waals surface area contributed by atoms with Gasteiger partial charge in [-0.3, -0.25) is 14.7 Å². The molecule has 2 aromatic heterocycles. The standard InChI is InChI=1S/C23H20FN3OS2/c1-16-4-7-19(8-5-16)29-12-10-22(28)27(15-17-3-2-11-25-14-17)23-26-20-9-6-18(24)13-21(20)30-23/h2-9,11,13-14H,10,12,15H2,1H3. The van der Waals surface area contributed by atoms with Crippen molar-refractivity contribution in [3.8, 4) is 0 Å². The quantitative estimate of drug-likeness (QED) is 0.340. The summed E-state index contributed by atoms with van der Waals surface area (Å²) in [5, 5.41) is 0.574. The van der Waals surface area contributed by atoms with Crippen LogP contribution in [0.3, 0.4) is 0 Å². The molecule has 0 N–H and O–H groups in total. The lowest BCUT2D eigenvalue weighted by Crippen LogP contribution is -2.30. The maximum absolute atomic E-state index is 13.6. The Bertz CT molecular complexity index is 1150. The Kier molecular flexibility index (Phi) is 6.40. The van der Waals surface area contributed by atoms with E-state index in [9.17, 15) is 9.18 Å². The minimum Gasteiger partial charge on any atom is -0.284 e. The number of amides is 1. The lowest BCUT2D eigenvalue weighted by atomic mass is 10.2. The number of aryl methyl sites for hydroxylation is 1. The van der Waals surface area contributed by atoms with E-state index in [1.54, 1.807) is 35.1 Å². The summed E-state index contributed by atoms with van der Waals surface area (Å²) < 4.78 is 14.3. The summed E-state index contributed by atoms with van der Waals surface area (Å²) in [7, 11) is 0. The van der Waals surface area contributed by atoms with Crippen molar-refractivity contribution in [3.63, 3.8) is 0 Å². The molecule has 0 aliphatic heterocycles. The maximum Gasteiger partial charge on any atom is 0.229 e. The maximum atomic E-state index is 13.6. The lowest BCUT2D eigenvalue weighted by molar-refractivity contribution is -0.118. The first-order valence-electron chi connectivity index (χ1n) is 9.53. The molecule has 0 spiro atoms. The van der Waals surface area contributed by atoms with Crippen molar-refractivity contribution in [2.45, 2.75) is 24.8 Å². The van der Waals surface area contributed by atoms with E-state index in [0.717, 1.165) is 15.2 Å². The first-order valence-corrected chi connectivity index (χ1v) is 11.3. The SMILES string of the molecule is Cc1ccc(SCCC(=O)N(Cc2cccnc2)c2nc3ccc(F)cc3s2)cc1. The molecule has 30 heavy (non-hydrogen) atoms. The monoisotopic (exact) mass is 437 g/mol. The Balaban J connectivity index is 1.52. The van der Waals surface area contributed by atoms with Gasteiger partial charge in [-0.2, -0.15) is 0 Å². The number of thioether (sulfide) groups is 1. The Hall–Kier alpha value is -2.77. The molecule has 4 rings (SSSR count). The summed E-state index contributed by atoms with van der Waals surface area (Å²) >= 11 is 2.98. The van der Waals surface area contributed by atoms with Gasteiger partial charge in [0.1, 0.15) is 5.82 Å². The predicted molar refractivity (Wildman–Crippen MR) is 122 cm³/mol. The van der Waals surface area contributed by atoms with E-state index in [1.807, 2.05) is 12.1 Å². The van der Waals surface area contributed by atoms with E-state index >= 15 is 0 Å². The Morgan fingerprint density at radius 1 is 1.17 bits per heavy atom. The van der Waals surface area contributed by atoms with Crippen LogP contribution in [0.25, 0.3) is 10.2 Å². The molecule has 0 atom stereocenters. The number of hydrogen-bond donors (Lipinski definition) is 0. The average Bonchev–Trinajstić information content (AvgIpc) is 3.17. The van der Waals surface area contributed by atoms with Crippen molar-refractivity contribution >= 4 is 44.4 Å². The number of fused-ring (bicyclic) bond motifs is 1. The van der Waals surface area contributed by atoms with E-state index in [-0.39, 0.29) is 11.7 Å². The van der Waals surface area contributed by atoms with Gasteiger partial charge in [0, 0.05) is 29.5 Å². The Morgan fingerprint density at radius 3 is 2.77 bits per heavy atom. The van der Waals surface area contributed by atoms with Crippen LogP contribution in [0.4, 0.5) is 9.52 Å². The van der Waals surface area contributed by atoms with Crippen LogP contribution in [0.5, 0.6) is 0 Å². The molecule has 0 saturated carbocycles. The van der Waals surface area contributed by atoms with E-state index in [1.165, 1.54) is 29.0 Å². The number of benzene rings is 2. The summed E-state index contributed by atoms with van der Waals surface area (Å²) in [5.74, 6) is 0.348. The first kappa shape index (κ1) is 20.5. The molecular weight excluding hydrogens is 417 g/mol. The van der Waals surface area contributed by atoms with Crippen LogP contribution in [0.1, 0.15) is 17.5 Å². The fourth-order valence-corrected chi connectivity index (χ4v) is 4.81. The predicted octanol–water partition coefficient (Wildman–Crippen LogP) is 5.85. The molecule has 0 fully saturated rings. The smallest absolute Gasteiger partial charge is 0.229 e. The number of anilines is 1. The molecule has 0 radical (unpaired) electrons. The van der Waals surface area contributed by atoms with Crippen LogP contribution in [0.15, 0.2) is 71.9 Å². The third-order valence-electron chi connectivity index (χ3n) is 4.54. The second-order valence-corrected chi connectivity index (χ2v) is 9.04. The van der Waals surface area contributed by atoms with Crippen LogP contribution in [0, 0.1) is 12.7 Å². The van der Waals surface area contributed by atoms with Gasteiger partial charge < -0.3 is 0 Å². The highest BCUT2D eigenvalue weighted by Crippen LogP contribution is 2.31. The number of rotatable bonds is 7. The van der Waals surface area contributed by atoms with Gasteiger partial charge in [-0.15, -0.1) is 11.8 Å². The van der Waals surface area contributed by atoms with Crippen LogP contribution < -0.4 is 4.90 Å². The van der Waals surface area contributed by atoms with E-state index in [2.05, 4.69) is 41.2 Å². The van der Waals surface area contributed by atoms with Crippen molar-refractivity contribution in [2.75, 3.05) is 10.7 Å². The molecule has 2 aromatic carbocycles. The molecule has 0 saturated heterocycles. The summed E-state index contributed by atoms with van der Waals surface area (Å²) in [6.07, 6.45) is 3.83. The number of aromatic nitrogens is 2. The van der Waals surface area contributed by atoms with Crippen LogP contribution in [-0.4, -0.2) is 21.6 Å². The number of hydrogen-bond acceptors (Lipinski definition) is 5. The second kappa shape index (κ2) is 9.36. The third-order valence-corrected chi connectivity index (χ3v) is 6.60. The molecule has 0 unspecified atom stereocenters. The minimum atomic E-state index is -0.308. The van der Waals surface area contributed by atoms with Crippen molar-refractivity contribution < 1.29 is 9.18 Å². The third kappa shape index (κ3) is 5.04. The first-order chi connectivity index (χ1) is 14.6. The normalized spacial score (nSPS) is 11.0. The molecule has 1 amide bonds. The van der Waals surface area contributed by atoms with Gasteiger partial charge in [-0.05, 0) is 48.9 Å². The van der Waals surface area contributed by atoms with Crippen molar-refractivity contribution in [3.05, 3.63) is 83.9 Å². The fraction of sp³-hybridized carbons (Fsp3) is 0.174. The molecule has 4 nitrogen and oxygen atoms in total. The fourth-order valence-electron chi connectivity index (χ4n) is 2.96. The highest BCUT2D eigenvalue weighted by atomic mass is 32.2. The van der Waals surface area contributed by atoms with Gasteiger partial charge in [-0.25, -0.2) is 9.37 Å². The molecular formula is C23H20FN3OS2. The minimum absolute atomic E-state index is 0.0157. The van der Waals surface area contributed by atoms with E-state index in [0.29, 0.717) is 29.4 Å². The number of nitrogens with zero attached hydrogens (tertiary/aromatic N) is 3. The Labute approximate surface area is 182 Å². The van der Waals surface area contributed by atoms with Gasteiger partial charge >= 0.3 is 0 Å². The topological polar surface area (TPSA) is 46.1 Å². The zero-order chi connectivity index (χ0) is 20.9. The molecule has 152 valence electrons. The molecule has 0 aliphatic carbocycles. The number of thiazole rings is 1. The highest BCUT2D eigenvalue weighted by molar-refractivity contribution is 7.99. The molecule has 2 heterocycles. The largest absolute Gasteiger partial charge is 0.284 e. The second-order valence-electron chi connectivity index (χ2n) is 6.86. The van der Waals surface area contributed by atoms with Gasteiger partial charge in [0.05, 0.1) is 16.8 Å². The Morgan fingerprint density at radius 2 is 2.00 bits per heavy atom. The number of carbonyl (C=O) groups is 1. The summed E-state index contributed by atoms with van der Waals surface area (Å²) in [6, 6.07) is 16.5. The van der Waals surface area contributed by atoms with E-state index in [4.69, 9.17) is 0 Å². The van der Waals surface area contributed by atoms with E-state index < -0.39 is 0 Å². The van der Waals surface area contributed by atoms with Crippen LogP contribution in [-0.2, 0) is 11.3 Å². The molecule has 4 aromatic rings. The highest BCUT2D eigenvalue weighted by Gasteiger charge is 2.20. The van der Waals surface area contributed by atoms with Gasteiger partial charge in [0.15, 0.2) is 5.13 Å². The zero-order valence-corrected chi connectivity index (χ0v) is 18.0. The number of halogens is 1. The number of pyridine rings is 1. The summed E-state index contributed by atoms with van der Waals surface area (Å²) in [5.41, 5.74) is 2.82. The zero-order valence-electron chi connectivity index (χ0n) is 16.4. The van der Waals surface area contributed by atoms with Crippen LogP contribution >= 0.6 is 23.1 Å². The van der Waals surface area contributed by atoms with Gasteiger partial charge in [0.2, 0.25) is 5.91 Å². The van der Waals surface area contributed by atoms with Crippen molar-refractivity contribution in [1.29, 1.82) is 0 Å². The van der Waals surface area contributed by atoms with Crippen molar-refractivity contribution in [2.24, 2.45) is 0 Å². The summed E-state index contributed by atoms with van der Waals surface area (Å²) in [4.78, 5) is 24.7. The molecule has 7 heteroatoms. The molecule has 0 bridgehead atoms. The van der Waals surface area contributed by atoms with Crippen LogP contribution in [0.2, 0.25) is 0 Å². The molecule has 0 aliphatic rings. The number of carbonyl (C=O) groups excluding carboxylic acids is 1. The average molecular weight is 438 g/mol. The summed E-state index contributed by atoms with van der Waals surface area (Å²) in [6.45, 7) is 2.43. The van der Waals surface area contributed by atoms with Gasteiger partial charge in [-0.1, -0.05) is 35.1 Å². The lowest BCUT2D eigenvalue weighted by Gasteiger charge is -2.20.